The van der Waals surface area contributed by atoms with Crippen LogP contribution in [0, 0.1) is 5.92 Å². The maximum absolute atomic E-state index is 12.1. The number of rotatable bonds is 5. The molecule has 0 aliphatic heterocycles. The van der Waals surface area contributed by atoms with Gasteiger partial charge in [0.05, 0.1) is 5.54 Å². The molecule has 0 atom stereocenters. The molecule has 0 aromatic carbocycles. The monoisotopic (exact) mass is 259 g/mol. The Bertz CT molecular complexity index is 247. The molecule has 2 nitrogen and oxygen atoms in total. The lowest BCUT2D eigenvalue weighted by Gasteiger charge is -2.34. The van der Waals surface area contributed by atoms with Crippen molar-refractivity contribution in [2.45, 2.75) is 64.3 Å². The minimum atomic E-state index is -0.231. The first-order valence-electron chi connectivity index (χ1n) is 6.80. The molecule has 17 heavy (non-hydrogen) atoms. The molecule has 1 rings (SSSR count). The van der Waals surface area contributed by atoms with E-state index in [9.17, 15) is 4.79 Å². The van der Waals surface area contributed by atoms with Gasteiger partial charge in [-0.15, -0.1) is 11.6 Å². The Kier molecular flexibility index (Phi) is 5.78. The molecule has 1 aliphatic carbocycles. The lowest BCUT2D eigenvalue weighted by Crippen LogP contribution is -2.46. The Morgan fingerprint density at radius 2 is 1.88 bits per heavy atom. The van der Waals surface area contributed by atoms with Crippen LogP contribution < -0.4 is 0 Å². The third-order valence-corrected chi connectivity index (χ3v) is 4.75. The molecule has 1 saturated carbocycles. The molecule has 0 saturated heterocycles. The zero-order valence-corrected chi connectivity index (χ0v) is 12.2. The van der Waals surface area contributed by atoms with Gasteiger partial charge in [-0.2, -0.15) is 0 Å². The normalized spacial score (nSPS) is 18.1. The third kappa shape index (κ3) is 4.50. The zero-order valence-electron chi connectivity index (χ0n) is 11.5. The minimum absolute atomic E-state index is 0.231. The fraction of sp³-hybridized carbons (Fsp3) is 0.929. The maximum Gasteiger partial charge on any atom is 0.222 e. The summed E-state index contributed by atoms with van der Waals surface area (Å²) in [6.45, 7) is 4.02. The van der Waals surface area contributed by atoms with E-state index in [1.165, 1.54) is 32.1 Å². The number of carbonyl (C=O) groups is 1. The number of hydrogen-bond acceptors (Lipinski definition) is 1. The summed E-state index contributed by atoms with van der Waals surface area (Å²) in [6, 6.07) is 0. The maximum atomic E-state index is 12.1. The van der Waals surface area contributed by atoms with Crippen LogP contribution in [-0.2, 0) is 4.79 Å². The number of alkyl halides is 1. The van der Waals surface area contributed by atoms with Gasteiger partial charge in [0.25, 0.3) is 0 Å². The highest BCUT2D eigenvalue weighted by molar-refractivity contribution is 6.18. The van der Waals surface area contributed by atoms with Gasteiger partial charge in [-0.25, -0.2) is 0 Å². The van der Waals surface area contributed by atoms with Gasteiger partial charge in [0.1, 0.15) is 0 Å². The van der Waals surface area contributed by atoms with E-state index in [-0.39, 0.29) is 11.4 Å². The molecular formula is C14H26ClNO. The van der Waals surface area contributed by atoms with Gasteiger partial charge in [-0.1, -0.05) is 32.1 Å². The van der Waals surface area contributed by atoms with Crippen molar-refractivity contribution in [2.75, 3.05) is 12.9 Å². The number of hydrogen-bond donors (Lipinski definition) is 0. The second kappa shape index (κ2) is 6.63. The van der Waals surface area contributed by atoms with Crippen LogP contribution in [0.5, 0.6) is 0 Å². The van der Waals surface area contributed by atoms with Gasteiger partial charge >= 0.3 is 0 Å². The number of halogens is 1. The van der Waals surface area contributed by atoms with Crippen LogP contribution in [0.4, 0.5) is 0 Å². The van der Waals surface area contributed by atoms with Gasteiger partial charge in [0, 0.05) is 19.3 Å². The Morgan fingerprint density at radius 1 is 1.29 bits per heavy atom. The summed E-state index contributed by atoms with van der Waals surface area (Å²) in [5, 5.41) is 0. The fourth-order valence-electron chi connectivity index (χ4n) is 2.40. The highest BCUT2D eigenvalue weighted by Gasteiger charge is 2.26. The summed E-state index contributed by atoms with van der Waals surface area (Å²) >= 11 is 5.89. The van der Waals surface area contributed by atoms with Crippen molar-refractivity contribution in [1.82, 2.24) is 4.90 Å². The van der Waals surface area contributed by atoms with Crippen molar-refractivity contribution in [3.8, 4) is 0 Å². The van der Waals surface area contributed by atoms with Crippen LogP contribution in [0.1, 0.15) is 58.8 Å². The molecule has 1 aliphatic rings. The molecule has 0 unspecified atom stereocenters. The highest BCUT2D eigenvalue weighted by Crippen LogP contribution is 2.28. The van der Waals surface area contributed by atoms with Crippen LogP contribution in [0.25, 0.3) is 0 Å². The van der Waals surface area contributed by atoms with E-state index in [1.807, 2.05) is 25.8 Å². The van der Waals surface area contributed by atoms with Gasteiger partial charge in [0.2, 0.25) is 5.91 Å². The van der Waals surface area contributed by atoms with Crippen molar-refractivity contribution in [3.63, 3.8) is 0 Å². The highest BCUT2D eigenvalue weighted by atomic mass is 35.5. The largest absolute Gasteiger partial charge is 0.339 e. The Labute approximate surface area is 111 Å². The van der Waals surface area contributed by atoms with Crippen LogP contribution >= 0.6 is 11.6 Å². The van der Waals surface area contributed by atoms with E-state index in [2.05, 4.69) is 0 Å². The Balaban J connectivity index is 2.33. The molecule has 0 heterocycles. The SMILES string of the molecule is CN(C(=O)CCC1CCCCC1)C(C)(C)CCl. The van der Waals surface area contributed by atoms with E-state index < -0.39 is 0 Å². The van der Waals surface area contributed by atoms with Crippen molar-refractivity contribution < 1.29 is 4.79 Å². The Hall–Kier alpha value is -0.240. The predicted octanol–water partition coefficient (Wildman–Crippen LogP) is 3.82. The van der Waals surface area contributed by atoms with Crippen LogP contribution in [0.3, 0.4) is 0 Å². The van der Waals surface area contributed by atoms with E-state index in [4.69, 9.17) is 11.6 Å². The lowest BCUT2D eigenvalue weighted by atomic mass is 9.86. The third-order valence-electron chi connectivity index (χ3n) is 4.10. The van der Waals surface area contributed by atoms with Gasteiger partial charge < -0.3 is 4.90 Å². The first-order valence-corrected chi connectivity index (χ1v) is 7.33. The summed E-state index contributed by atoms with van der Waals surface area (Å²) in [5.74, 6) is 1.50. The second-order valence-corrected chi connectivity index (χ2v) is 6.21. The fourth-order valence-corrected chi connectivity index (χ4v) is 2.58. The van der Waals surface area contributed by atoms with Crippen molar-refractivity contribution in [3.05, 3.63) is 0 Å². The molecular weight excluding hydrogens is 234 g/mol. The van der Waals surface area contributed by atoms with Gasteiger partial charge in [-0.05, 0) is 26.2 Å². The molecule has 3 heteroatoms. The van der Waals surface area contributed by atoms with Gasteiger partial charge in [0.15, 0.2) is 0 Å². The van der Waals surface area contributed by atoms with Gasteiger partial charge in [-0.3, -0.25) is 4.79 Å². The molecule has 0 radical (unpaired) electrons. The molecule has 1 fully saturated rings. The second-order valence-electron chi connectivity index (χ2n) is 5.94. The Morgan fingerprint density at radius 3 is 2.41 bits per heavy atom. The van der Waals surface area contributed by atoms with Crippen LogP contribution in [0.15, 0.2) is 0 Å². The predicted molar refractivity (Wildman–Crippen MR) is 73.4 cm³/mol. The molecule has 0 aromatic rings. The molecule has 1 amide bonds. The quantitative estimate of drug-likeness (QED) is 0.688. The average molecular weight is 260 g/mol. The van der Waals surface area contributed by atoms with E-state index >= 15 is 0 Å². The summed E-state index contributed by atoms with van der Waals surface area (Å²) < 4.78 is 0. The first kappa shape index (κ1) is 14.8. The van der Waals surface area contributed by atoms with Crippen molar-refractivity contribution >= 4 is 17.5 Å². The molecule has 100 valence electrons. The topological polar surface area (TPSA) is 20.3 Å². The standard InChI is InChI=1S/C14H26ClNO/c1-14(2,11-15)16(3)13(17)10-9-12-7-5-4-6-8-12/h12H,4-11H2,1-3H3. The van der Waals surface area contributed by atoms with E-state index in [1.54, 1.807) is 0 Å². The minimum Gasteiger partial charge on any atom is -0.339 e. The average Bonchev–Trinajstić information content (AvgIpc) is 2.36. The summed E-state index contributed by atoms with van der Waals surface area (Å²) in [5.41, 5.74) is -0.231. The smallest absolute Gasteiger partial charge is 0.222 e. The lowest BCUT2D eigenvalue weighted by molar-refractivity contribution is -0.134. The van der Waals surface area contributed by atoms with Crippen LogP contribution in [-0.4, -0.2) is 29.3 Å². The first-order chi connectivity index (χ1) is 7.97. The number of nitrogens with zero attached hydrogens (tertiary/aromatic N) is 1. The summed E-state index contributed by atoms with van der Waals surface area (Å²) in [4.78, 5) is 13.9. The molecule has 0 bridgehead atoms. The summed E-state index contributed by atoms with van der Waals surface area (Å²) in [7, 11) is 1.87. The molecule has 0 N–H and O–H groups in total. The van der Waals surface area contributed by atoms with Crippen molar-refractivity contribution in [2.24, 2.45) is 5.92 Å². The van der Waals surface area contributed by atoms with Crippen LogP contribution in [0.2, 0.25) is 0 Å². The summed E-state index contributed by atoms with van der Waals surface area (Å²) in [6.07, 6.45) is 8.45. The molecule has 0 aromatic heterocycles. The zero-order chi connectivity index (χ0) is 12.9. The van der Waals surface area contributed by atoms with E-state index in [0.29, 0.717) is 12.3 Å². The number of carbonyl (C=O) groups excluding carboxylic acids is 1. The van der Waals surface area contributed by atoms with E-state index in [0.717, 1.165) is 12.3 Å². The van der Waals surface area contributed by atoms with Crippen molar-refractivity contribution in [1.29, 1.82) is 0 Å². The molecule has 0 spiro atoms. The number of amides is 1.